The van der Waals surface area contributed by atoms with Gasteiger partial charge in [0.05, 0.1) is 12.7 Å². The molecule has 0 unspecified atom stereocenters. The van der Waals surface area contributed by atoms with E-state index in [4.69, 9.17) is 9.47 Å². The van der Waals surface area contributed by atoms with Crippen LogP contribution in [0.15, 0.2) is 66.0 Å². The number of Topliss-reactive ketones (excluding diaryl/α,β-unsaturated/α-hetero) is 1. The molecule has 4 rings (SSSR count). The summed E-state index contributed by atoms with van der Waals surface area (Å²) in [6.45, 7) is 0. The third-order valence-electron chi connectivity index (χ3n) is 4.39. The quantitative estimate of drug-likeness (QED) is 0.284. The molecule has 2 heterocycles. The van der Waals surface area contributed by atoms with Crippen molar-refractivity contribution >= 4 is 29.8 Å². The van der Waals surface area contributed by atoms with E-state index in [0.717, 1.165) is 6.20 Å². The van der Waals surface area contributed by atoms with Crippen LogP contribution in [0.3, 0.4) is 0 Å². The van der Waals surface area contributed by atoms with Gasteiger partial charge in [0.15, 0.2) is 0 Å². The minimum atomic E-state index is -0.929. The second kappa shape index (κ2) is 7.08. The number of fused-ring (bicyclic) bond motifs is 1. The van der Waals surface area contributed by atoms with E-state index < -0.39 is 29.3 Å². The first-order valence-corrected chi connectivity index (χ1v) is 8.56. The van der Waals surface area contributed by atoms with Crippen LogP contribution in [-0.4, -0.2) is 35.7 Å². The van der Waals surface area contributed by atoms with Crippen LogP contribution >= 0.6 is 0 Å². The Bertz CT molecular complexity index is 1110. The van der Waals surface area contributed by atoms with E-state index in [9.17, 15) is 19.2 Å². The summed E-state index contributed by atoms with van der Waals surface area (Å²) in [5, 5.41) is 2.43. The van der Waals surface area contributed by atoms with Gasteiger partial charge in [-0.25, -0.2) is 14.5 Å². The number of carbonyl (C=O) groups excluding carboxylic acids is 4. The van der Waals surface area contributed by atoms with Gasteiger partial charge in [-0.3, -0.25) is 9.59 Å². The summed E-state index contributed by atoms with van der Waals surface area (Å²) < 4.78 is 10.2. The highest BCUT2D eigenvalue weighted by Crippen LogP contribution is 2.28. The van der Waals surface area contributed by atoms with Crippen molar-refractivity contribution < 1.29 is 28.7 Å². The maximum Gasteiger partial charge on any atom is 0.349 e. The van der Waals surface area contributed by atoms with Crippen LogP contribution in [0.5, 0.6) is 11.5 Å². The third-order valence-corrected chi connectivity index (χ3v) is 4.39. The van der Waals surface area contributed by atoms with Gasteiger partial charge in [-0.15, -0.1) is 0 Å². The van der Waals surface area contributed by atoms with Crippen molar-refractivity contribution in [2.45, 2.75) is 0 Å². The van der Waals surface area contributed by atoms with Crippen molar-refractivity contribution in [2.75, 3.05) is 7.11 Å². The molecule has 1 N–H and O–H groups in total. The van der Waals surface area contributed by atoms with E-state index >= 15 is 0 Å². The molecule has 0 saturated carbocycles. The molecular weight excluding hydrogens is 376 g/mol. The fourth-order valence-corrected chi connectivity index (χ4v) is 2.91. The van der Waals surface area contributed by atoms with Crippen LogP contribution < -0.4 is 14.8 Å². The number of benzene rings is 2. The number of para-hydroxylation sites is 1. The van der Waals surface area contributed by atoms with Gasteiger partial charge in [0, 0.05) is 6.20 Å². The van der Waals surface area contributed by atoms with Gasteiger partial charge in [0.2, 0.25) is 5.78 Å². The summed E-state index contributed by atoms with van der Waals surface area (Å²) in [5.41, 5.74) is 0.442. The number of amides is 3. The Morgan fingerprint density at radius 3 is 2.45 bits per heavy atom. The van der Waals surface area contributed by atoms with Gasteiger partial charge in [0.25, 0.3) is 5.91 Å². The highest BCUT2D eigenvalue weighted by molar-refractivity contribution is 6.28. The summed E-state index contributed by atoms with van der Waals surface area (Å²) >= 11 is 0. The molecule has 8 heteroatoms. The van der Waals surface area contributed by atoms with Crippen molar-refractivity contribution in [3.05, 3.63) is 77.1 Å². The average molecular weight is 390 g/mol. The van der Waals surface area contributed by atoms with E-state index in [1.807, 2.05) is 0 Å². The van der Waals surface area contributed by atoms with Gasteiger partial charge in [-0.2, -0.15) is 0 Å². The van der Waals surface area contributed by atoms with E-state index in [1.165, 1.54) is 25.3 Å². The summed E-state index contributed by atoms with van der Waals surface area (Å²) in [7, 11) is 1.54. The Labute approximate surface area is 165 Å². The number of rotatable bonds is 3. The maximum absolute atomic E-state index is 12.6. The fraction of sp³-hybridized carbons (Fsp3) is 0.0476. The molecule has 3 amide bonds. The highest BCUT2D eigenvalue weighted by atomic mass is 16.5. The molecule has 2 aromatic carbocycles. The Hall–Kier alpha value is -4.20. The second-order valence-corrected chi connectivity index (χ2v) is 6.19. The molecule has 0 aromatic heterocycles. The lowest BCUT2D eigenvalue weighted by Gasteiger charge is -2.17. The first kappa shape index (κ1) is 18.2. The normalized spacial score (nSPS) is 18.7. The monoisotopic (exact) mass is 390 g/mol. The van der Waals surface area contributed by atoms with Crippen LogP contribution in [0, 0.1) is 0 Å². The number of nitrogens with zero attached hydrogens (tertiary/aromatic N) is 1. The zero-order valence-electron chi connectivity index (χ0n) is 15.2. The number of esters is 1. The average Bonchev–Trinajstić information content (AvgIpc) is 2.98. The zero-order valence-corrected chi connectivity index (χ0v) is 15.2. The van der Waals surface area contributed by atoms with Gasteiger partial charge in [0.1, 0.15) is 22.8 Å². The van der Waals surface area contributed by atoms with Gasteiger partial charge in [-0.05, 0) is 35.9 Å². The molecule has 0 spiro atoms. The second-order valence-electron chi connectivity index (χ2n) is 6.19. The topological polar surface area (TPSA) is 102 Å². The standard InChI is InChI=1S/C21H14N2O6/c1-28-13-8-6-12(7-9-13)10-16-19(25)23(21(27)22-16)11-15-18(24)14-4-2-3-5-17(14)29-20(15)26/h2-11H,1H3,(H,22,27)/b15-11-,16-10-. The third kappa shape index (κ3) is 3.27. The Morgan fingerprint density at radius 2 is 1.72 bits per heavy atom. The Kier molecular flexibility index (Phi) is 4.44. The summed E-state index contributed by atoms with van der Waals surface area (Å²) in [6.07, 6.45) is 2.39. The van der Waals surface area contributed by atoms with E-state index in [0.29, 0.717) is 16.2 Å². The van der Waals surface area contributed by atoms with Crippen LogP contribution in [-0.2, 0) is 9.59 Å². The zero-order chi connectivity index (χ0) is 20.5. The summed E-state index contributed by atoms with van der Waals surface area (Å²) in [4.78, 5) is 50.3. The molecule has 0 bridgehead atoms. The molecule has 2 aliphatic heterocycles. The van der Waals surface area contributed by atoms with E-state index in [-0.39, 0.29) is 17.0 Å². The molecule has 2 aliphatic rings. The lowest BCUT2D eigenvalue weighted by Crippen LogP contribution is -2.31. The predicted octanol–water partition coefficient (Wildman–Crippen LogP) is 2.27. The number of carbonyl (C=O) groups is 4. The van der Waals surface area contributed by atoms with Crippen LogP contribution in [0.25, 0.3) is 6.08 Å². The first-order valence-electron chi connectivity index (χ1n) is 8.56. The smallest absolute Gasteiger partial charge is 0.349 e. The molecule has 0 atom stereocenters. The predicted molar refractivity (Wildman–Crippen MR) is 101 cm³/mol. The molecule has 1 fully saturated rings. The maximum atomic E-state index is 12.6. The molecule has 1 saturated heterocycles. The van der Waals surface area contributed by atoms with Crippen LogP contribution in [0.2, 0.25) is 0 Å². The molecule has 0 aliphatic carbocycles. The minimum Gasteiger partial charge on any atom is -0.497 e. The number of ketones is 1. The number of hydrogen-bond acceptors (Lipinski definition) is 6. The number of imide groups is 1. The molecule has 0 radical (unpaired) electrons. The Morgan fingerprint density at radius 1 is 1.00 bits per heavy atom. The highest BCUT2D eigenvalue weighted by Gasteiger charge is 2.37. The van der Waals surface area contributed by atoms with Gasteiger partial charge in [-0.1, -0.05) is 24.3 Å². The number of nitrogens with one attached hydrogen (secondary N) is 1. The van der Waals surface area contributed by atoms with Gasteiger partial charge >= 0.3 is 12.0 Å². The molecule has 8 nitrogen and oxygen atoms in total. The number of ether oxygens (including phenoxy) is 2. The summed E-state index contributed by atoms with van der Waals surface area (Å²) in [6, 6.07) is 12.3. The number of hydrogen-bond donors (Lipinski definition) is 1. The molecule has 144 valence electrons. The summed E-state index contributed by atoms with van der Waals surface area (Å²) in [5.74, 6) is -1.46. The molecule has 29 heavy (non-hydrogen) atoms. The van der Waals surface area contributed by atoms with E-state index in [2.05, 4.69) is 5.32 Å². The fourth-order valence-electron chi connectivity index (χ4n) is 2.91. The SMILES string of the molecule is COc1ccc(/C=C2\NC(=O)N(/C=C3\C(=O)Oc4ccccc4C3=O)C2=O)cc1. The minimum absolute atomic E-state index is 0.00837. The van der Waals surface area contributed by atoms with Gasteiger partial charge < -0.3 is 14.8 Å². The van der Waals surface area contributed by atoms with E-state index in [1.54, 1.807) is 36.4 Å². The van der Waals surface area contributed by atoms with Crippen molar-refractivity contribution in [1.29, 1.82) is 0 Å². The van der Waals surface area contributed by atoms with Crippen molar-refractivity contribution in [3.63, 3.8) is 0 Å². The number of urea groups is 1. The molecular formula is C21H14N2O6. The number of methoxy groups -OCH3 is 1. The largest absolute Gasteiger partial charge is 0.497 e. The lowest BCUT2D eigenvalue weighted by molar-refractivity contribution is -0.130. The lowest BCUT2D eigenvalue weighted by atomic mass is 10.0. The molecule has 2 aromatic rings. The van der Waals surface area contributed by atoms with Crippen molar-refractivity contribution in [1.82, 2.24) is 10.2 Å². The van der Waals surface area contributed by atoms with Crippen molar-refractivity contribution in [3.8, 4) is 11.5 Å². The Balaban J connectivity index is 1.63. The first-order chi connectivity index (χ1) is 14.0. The van der Waals surface area contributed by atoms with Crippen LogP contribution in [0.1, 0.15) is 15.9 Å². The van der Waals surface area contributed by atoms with Crippen LogP contribution in [0.4, 0.5) is 4.79 Å². The van der Waals surface area contributed by atoms with Crippen molar-refractivity contribution in [2.24, 2.45) is 0 Å².